The van der Waals surface area contributed by atoms with Crippen molar-refractivity contribution in [2.45, 2.75) is 38.3 Å². The Hall–Kier alpha value is -2.66. The van der Waals surface area contributed by atoms with E-state index in [9.17, 15) is 4.79 Å². The van der Waals surface area contributed by atoms with E-state index in [1.54, 1.807) is 0 Å². The van der Waals surface area contributed by atoms with Gasteiger partial charge in [-0.1, -0.05) is 48.2 Å². The molecule has 0 spiro atoms. The van der Waals surface area contributed by atoms with Gasteiger partial charge in [-0.2, -0.15) is 0 Å². The maximum absolute atomic E-state index is 13.3. The second-order valence-corrected chi connectivity index (χ2v) is 8.08. The number of rotatable bonds is 4. The largest absolute Gasteiger partial charge is 0.280 e. The van der Waals surface area contributed by atoms with Crippen molar-refractivity contribution >= 4 is 29.0 Å². The van der Waals surface area contributed by atoms with E-state index in [1.165, 1.54) is 22.9 Å². The summed E-state index contributed by atoms with van der Waals surface area (Å²) in [5, 5.41) is 0.738. The summed E-state index contributed by atoms with van der Waals surface area (Å²) in [6.45, 7) is 3.93. The molecule has 0 saturated heterocycles. The Morgan fingerprint density at radius 1 is 0.929 bits per heavy atom. The predicted octanol–water partition coefficient (Wildman–Crippen LogP) is 5.04. The van der Waals surface area contributed by atoms with Gasteiger partial charge in [0.1, 0.15) is 0 Å². The minimum atomic E-state index is 0.110. The van der Waals surface area contributed by atoms with Crippen LogP contribution in [-0.4, -0.2) is 21.6 Å². The van der Waals surface area contributed by atoms with E-state index in [1.807, 2.05) is 49.1 Å². The molecule has 5 heteroatoms. The number of amides is 1. The number of fused-ring (bicyclic) bond motifs is 2. The lowest BCUT2D eigenvalue weighted by Gasteiger charge is -2.25. The number of aryl methyl sites for hydroxylation is 4. The highest BCUT2D eigenvalue weighted by Crippen LogP contribution is 2.36. The van der Waals surface area contributed by atoms with E-state index in [4.69, 9.17) is 0 Å². The molecule has 0 atom stereocenters. The average molecular weight is 390 g/mol. The molecule has 3 aromatic rings. The molecule has 0 aliphatic carbocycles. The van der Waals surface area contributed by atoms with E-state index in [2.05, 4.69) is 34.2 Å². The number of thioether (sulfide) groups is 1. The fraction of sp³-hybridized carbons (Fsp3) is 0.261. The monoisotopic (exact) mass is 389 g/mol. The van der Waals surface area contributed by atoms with Gasteiger partial charge in [-0.25, -0.2) is 9.97 Å². The van der Waals surface area contributed by atoms with Crippen LogP contribution in [0.5, 0.6) is 0 Å². The van der Waals surface area contributed by atoms with Crippen LogP contribution in [0.15, 0.2) is 59.8 Å². The zero-order valence-corrected chi connectivity index (χ0v) is 17.0. The Morgan fingerprint density at radius 3 is 2.04 bits per heavy atom. The number of carbonyl (C=O) groups excluding carboxylic acids is 1. The second kappa shape index (κ2) is 8.15. The first-order valence-corrected chi connectivity index (χ1v) is 10.5. The van der Waals surface area contributed by atoms with Crippen molar-refractivity contribution in [3.63, 3.8) is 0 Å². The number of nitrogens with zero attached hydrogens (tertiary/aromatic N) is 3. The highest BCUT2D eigenvalue weighted by molar-refractivity contribution is 7.99. The highest BCUT2D eigenvalue weighted by Gasteiger charge is 2.25. The molecule has 1 amide bonds. The molecule has 0 radical (unpaired) electrons. The molecule has 4 rings (SSSR count). The molecule has 1 aliphatic heterocycles. The van der Waals surface area contributed by atoms with Crippen LogP contribution < -0.4 is 4.90 Å². The molecule has 4 nitrogen and oxygen atoms in total. The molecule has 0 saturated carbocycles. The SMILES string of the molecule is Cc1cc(C)nc(SCCC(=O)N2c3ccccc3CCc3ccccc32)n1. The van der Waals surface area contributed by atoms with Gasteiger partial charge < -0.3 is 0 Å². The summed E-state index contributed by atoms with van der Waals surface area (Å²) in [6, 6.07) is 18.4. The van der Waals surface area contributed by atoms with Crippen LogP contribution in [-0.2, 0) is 17.6 Å². The Labute approximate surface area is 170 Å². The topological polar surface area (TPSA) is 46.1 Å². The number of aromatic nitrogens is 2. The third-order valence-electron chi connectivity index (χ3n) is 4.89. The van der Waals surface area contributed by atoms with Crippen LogP contribution in [0.2, 0.25) is 0 Å². The number of benzene rings is 2. The van der Waals surface area contributed by atoms with Crippen LogP contribution in [0, 0.1) is 13.8 Å². The lowest BCUT2D eigenvalue weighted by molar-refractivity contribution is -0.117. The van der Waals surface area contributed by atoms with Gasteiger partial charge in [0.2, 0.25) is 5.91 Å². The van der Waals surface area contributed by atoms with Crippen molar-refractivity contribution in [3.05, 3.63) is 77.1 Å². The van der Waals surface area contributed by atoms with Crippen LogP contribution in [0.25, 0.3) is 0 Å². The molecule has 0 unspecified atom stereocenters. The number of para-hydroxylation sites is 2. The van der Waals surface area contributed by atoms with Gasteiger partial charge in [0, 0.05) is 23.6 Å². The fourth-order valence-electron chi connectivity index (χ4n) is 3.65. The maximum atomic E-state index is 13.3. The molecule has 28 heavy (non-hydrogen) atoms. The molecular weight excluding hydrogens is 366 g/mol. The van der Waals surface area contributed by atoms with Crippen molar-refractivity contribution < 1.29 is 4.79 Å². The van der Waals surface area contributed by atoms with Crippen LogP contribution in [0.1, 0.15) is 28.9 Å². The lowest BCUT2D eigenvalue weighted by Crippen LogP contribution is -2.27. The van der Waals surface area contributed by atoms with Gasteiger partial charge in [0.15, 0.2) is 5.16 Å². The highest BCUT2D eigenvalue weighted by atomic mass is 32.2. The molecule has 0 bridgehead atoms. The Kier molecular flexibility index (Phi) is 5.44. The quantitative estimate of drug-likeness (QED) is 0.463. The molecule has 0 N–H and O–H groups in total. The summed E-state index contributed by atoms with van der Waals surface area (Å²) in [6.07, 6.45) is 2.33. The number of anilines is 2. The first-order valence-electron chi connectivity index (χ1n) is 9.55. The molecule has 2 heterocycles. The van der Waals surface area contributed by atoms with Crippen molar-refractivity contribution in [2.75, 3.05) is 10.7 Å². The second-order valence-electron chi connectivity index (χ2n) is 7.02. The minimum absolute atomic E-state index is 0.110. The van der Waals surface area contributed by atoms with Crippen molar-refractivity contribution in [1.82, 2.24) is 9.97 Å². The van der Waals surface area contributed by atoms with E-state index in [-0.39, 0.29) is 5.91 Å². The summed E-state index contributed by atoms with van der Waals surface area (Å²) in [5.74, 6) is 0.765. The lowest BCUT2D eigenvalue weighted by atomic mass is 10.0. The van der Waals surface area contributed by atoms with Crippen molar-refractivity contribution in [1.29, 1.82) is 0 Å². The third kappa shape index (κ3) is 3.94. The normalized spacial score (nSPS) is 12.9. The summed E-state index contributed by atoms with van der Waals surface area (Å²) in [7, 11) is 0. The zero-order valence-electron chi connectivity index (χ0n) is 16.2. The van der Waals surface area contributed by atoms with Gasteiger partial charge >= 0.3 is 0 Å². The van der Waals surface area contributed by atoms with Gasteiger partial charge in [-0.3, -0.25) is 9.69 Å². The summed E-state index contributed by atoms with van der Waals surface area (Å²) in [4.78, 5) is 24.1. The Balaban J connectivity index is 1.56. The Morgan fingerprint density at radius 2 is 1.46 bits per heavy atom. The average Bonchev–Trinajstić information content (AvgIpc) is 2.84. The van der Waals surface area contributed by atoms with Gasteiger partial charge in [0.05, 0.1) is 11.4 Å². The van der Waals surface area contributed by atoms with Crippen molar-refractivity contribution in [2.24, 2.45) is 0 Å². The molecule has 0 fully saturated rings. The molecular formula is C23H23N3OS. The van der Waals surface area contributed by atoms with Gasteiger partial charge in [-0.05, 0) is 56.0 Å². The summed E-state index contributed by atoms with van der Waals surface area (Å²) in [5.41, 5.74) is 6.36. The standard InChI is InChI=1S/C23H23N3OS/c1-16-15-17(2)25-23(24-16)28-14-13-22(27)26-20-9-5-3-7-18(20)11-12-19-8-4-6-10-21(19)26/h3-10,15H,11-14H2,1-2H3. The van der Waals surface area contributed by atoms with E-state index >= 15 is 0 Å². The molecule has 142 valence electrons. The minimum Gasteiger partial charge on any atom is -0.280 e. The van der Waals surface area contributed by atoms with Crippen LogP contribution in [0.4, 0.5) is 11.4 Å². The van der Waals surface area contributed by atoms with Crippen LogP contribution >= 0.6 is 11.8 Å². The number of carbonyl (C=O) groups is 1. The number of hydrogen-bond acceptors (Lipinski definition) is 4. The molecule has 2 aromatic carbocycles. The van der Waals surface area contributed by atoms with E-state index < -0.39 is 0 Å². The van der Waals surface area contributed by atoms with E-state index in [0.717, 1.165) is 40.8 Å². The van der Waals surface area contributed by atoms with Gasteiger partial charge in [0.25, 0.3) is 0 Å². The fourth-order valence-corrected chi connectivity index (χ4v) is 4.52. The third-order valence-corrected chi connectivity index (χ3v) is 5.74. The van der Waals surface area contributed by atoms with E-state index in [0.29, 0.717) is 12.2 Å². The molecule has 1 aromatic heterocycles. The first kappa shape index (κ1) is 18.7. The summed E-state index contributed by atoms with van der Waals surface area (Å²) < 4.78 is 0. The molecule has 1 aliphatic rings. The number of hydrogen-bond donors (Lipinski definition) is 0. The Bertz CT molecular complexity index is 950. The maximum Gasteiger partial charge on any atom is 0.232 e. The zero-order chi connectivity index (χ0) is 19.5. The predicted molar refractivity (Wildman–Crippen MR) is 114 cm³/mol. The summed E-state index contributed by atoms with van der Waals surface area (Å²) >= 11 is 1.54. The first-order chi connectivity index (χ1) is 13.6. The van der Waals surface area contributed by atoms with Crippen LogP contribution in [0.3, 0.4) is 0 Å². The van der Waals surface area contributed by atoms with Gasteiger partial charge in [-0.15, -0.1) is 0 Å². The smallest absolute Gasteiger partial charge is 0.232 e. The van der Waals surface area contributed by atoms with Crippen molar-refractivity contribution in [3.8, 4) is 0 Å².